The molecule has 2 heteroatoms. The number of anilines is 2. The first kappa shape index (κ1) is 12.5. The SMILES string of the molecule is C=CC1=C(/C=C\CC)N(C)c2ccccc2N1C. The molecule has 1 heterocycles. The van der Waals surface area contributed by atoms with Crippen molar-refractivity contribution in [3.05, 3.63) is 60.5 Å². The number of hydrogen-bond donors (Lipinski definition) is 0. The van der Waals surface area contributed by atoms with Crippen molar-refractivity contribution >= 4 is 11.4 Å². The predicted octanol–water partition coefficient (Wildman–Crippen LogP) is 3.94. The van der Waals surface area contributed by atoms with Crippen LogP contribution in [0.4, 0.5) is 11.4 Å². The van der Waals surface area contributed by atoms with Gasteiger partial charge in [-0.1, -0.05) is 31.7 Å². The van der Waals surface area contributed by atoms with E-state index in [-0.39, 0.29) is 0 Å². The molecule has 2 nitrogen and oxygen atoms in total. The van der Waals surface area contributed by atoms with Crippen molar-refractivity contribution in [3.63, 3.8) is 0 Å². The maximum atomic E-state index is 3.94. The van der Waals surface area contributed by atoms with Gasteiger partial charge in [0.2, 0.25) is 0 Å². The van der Waals surface area contributed by atoms with Gasteiger partial charge in [-0.15, -0.1) is 0 Å². The fourth-order valence-electron chi connectivity index (χ4n) is 2.30. The van der Waals surface area contributed by atoms with Crippen molar-refractivity contribution in [1.82, 2.24) is 0 Å². The van der Waals surface area contributed by atoms with Crippen LogP contribution in [0.5, 0.6) is 0 Å². The van der Waals surface area contributed by atoms with Gasteiger partial charge < -0.3 is 9.80 Å². The first-order valence-corrected chi connectivity index (χ1v) is 6.30. The van der Waals surface area contributed by atoms with Gasteiger partial charge in [-0.3, -0.25) is 0 Å². The second-order valence-corrected chi connectivity index (χ2v) is 4.39. The minimum absolute atomic E-state index is 1.03. The van der Waals surface area contributed by atoms with Crippen molar-refractivity contribution < 1.29 is 0 Å². The Hall–Kier alpha value is -1.96. The summed E-state index contributed by atoms with van der Waals surface area (Å²) in [5.74, 6) is 0. The first-order chi connectivity index (χ1) is 8.70. The topological polar surface area (TPSA) is 6.48 Å². The van der Waals surface area contributed by atoms with Gasteiger partial charge in [0, 0.05) is 14.1 Å². The Morgan fingerprint density at radius 1 is 1.06 bits per heavy atom. The van der Waals surface area contributed by atoms with Crippen LogP contribution in [-0.2, 0) is 0 Å². The van der Waals surface area contributed by atoms with Crippen molar-refractivity contribution in [2.75, 3.05) is 23.9 Å². The number of hydrogen-bond acceptors (Lipinski definition) is 2. The molecule has 0 aromatic heterocycles. The Morgan fingerprint density at radius 3 is 2.11 bits per heavy atom. The van der Waals surface area contributed by atoms with E-state index < -0.39 is 0 Å². The molecule has 0 atom stereocenters. The highest BCUT2D eigenvalue weighted by atomic mass is 15.2. The molecule has 1 aromatic carbocycles. The van der Waals surface area contributed by atoms with Gasteiger partial charge in [0.1, 0.15) is 0 Å². The number of likely N-dealkylation sites (N-methyl/N-ethyl adjacent to an activating group) is 2. The average molecular weight is 240 g/mol. The molecule has 94 valence electrons. The molecule has 1 aliphatic rings. The highest BCUT2D eigenvalue weighted by Gasteiger charge is 2.22. The fourth-order valence-corrected chi connectivity index (χ4v) is 2.30. The van der Waals surface area contributed by atoms with E-state index in [1.54, 1.807) is 0 Å². The summed E-state index contributed by atoms with van der Waals surface area (Å²) in [7, 11) is 4.19. The minimum atomic E-state index is 1.03. The Labute approximate surface area is 110 Å². The minimum Gasteiger partial charge on any atom is -0.341 e. The standard InChI is InChI=1S/C16H20N2/c1-5-7-10-14-13(6-2)17(3)15-11-8-9-12-16(15)18(14)4/h6-12H,2,5H2,1,3-4H3/b10-7-. The number of fused-ring (bicyclic) bond motifs is 1. The molecule has 0 amide bonds. The van der Waals surface area contributed by atoms with Crippen LogP contribution < -0.4 is 9.80 Å². The monoisotopic (exact) mass is 240 g/mol. The van der Waals surface area contributed by atoms with Gasteiger partial charge >= 0.3 is 0 Å². The number of rotatable bonds is 3. The van der Waals surface area contributed by atoms with Crippen molar-refractivity contribution in [3.8, 4) is 0 Å². The van der Waals surface area contributed by atoms with E-state index in [1.807, 2.05) is 6.08 Å². The molecular weight excluding hydrogens is 220 g/mol. The van der Waals surface area contributed by atoms with E-state index in [1.165, 1.54) is 17.1 Å². The Kier molecular flexibility index (Phi) is 3.56. The van der Waals surface area contributed by atoms with Crippen molar-refractivity contribution in [2.24, 2.45) is 0 Å². The van der Waals surface area contributed by atoms with Gasteiger partial charge in [0.25, 0.3) is 0 Å². The summed E-state index contributed by atoms with van der Waals surface area (Å²) in [4.78, 5) is 4.41. The lowest BCUT2D eigenvalue weighted by atomic mass is 10.1. The van der Waals surface area contributed by atoms with Crippen LogP contribution in [0.3, 0.4) is 0 Å². The molecule has 0 saturated heterocycles. The third kappa shape index (κ3) is 1.94. The van der Waals surface area contributed by atoms with E-state index in [4.69, 9.17) is 0 Å². The number of allylic oxidation sites excluding steroid dienone is 3. The molecule has 1 aliphatic heterocycles. The van der Waals surface area contributed by atoms with Gasteiger partial charge in [-0.05, 0) is 30.7 Å². The van der Waals surface area contributed by atoms with Crippen LogP contribution in [0.1, 0.15) is 13.3 Å². The third-order valence-corrected chi connectivity index (χ3v) is 3.29. The van der Waals surface area contributed by atoms with E-state index >= 15 is 0 Å². The van der Waals surface area contributed by atoms with Gasteiger partial charge in [-0.25, -0.2) is 0 Å². The van der Waals surface area contributed by atoms with Crippen LogP contribution >= 0.6 is 0 Å². The summed E-state index contributed by atoms with van der Waals surface area (Å²) >= 11 is 0. The normalized spacial score (nSPS) is 15.3. The summed E-state index contributed by atoms with van der Waals surface area (Å²) in [6, 6.07) is 8.42. The van der Waals surface area contributed by atoms with Crippen molar-refractivity contribution in [1.29, 1.82) is 0 Å². The van der Waals surface area contributed by atoms with Crippen LogP contribution in [0.25, 0.3) is 0 Å². The second kappa shape index (κ2) is 5.13. The number of para-hydroxylation sites is 2. The molecule has 0 spiro atoms. The Bertz CT molecular complexity index is 512. The molecule has 0 N–H and O–H groups in total. The summed E-state index contributed by atoms with van der Waals surface area (Å²) < 4.78 is 0. The lowest BCUT2D eigenvalue weighted by Gasteiger charge is -2.36. The molecule has 1 aromatic rings. The zero-order valence-electron chi connectivity index (χ0n) is 11.4. The smallest absolute Gasteiger partial charge is 0.0649 e. The zero-order valence-corrected chi connectivity index (χ0v) is 11.4. The molecule has 0 aliphatic carbocycles. The van der Waals surface area contributed by atoms with Crippen LogP contribution in [0, 0.1) is 0 Å². The molecule has 0 saturated carbocycles. The molecule has 0 bridgehead atoms. The molecule has 0 unspecified atom stereocenters. The van der Waals surface area contributed by atoms with E-state index in [0.29, 0.717) is 0 Å². The van der Waals surface area contributed by atoms with Crippen LogP contribution in [0.2, 0.25) is 0 Å². The van der Waals surface area contributed by atoms with E-state index in [2.05, 4.69) is 73.8 Å². The molecule has 0 fully saturated rings. The quantitative estimate of drug-likeness (QED) is 0.789. The summed E-state index contributed by atoms with van der Waals surface area (Å²) in [5.41, 5.74) is 4.76. The molecular formula is C16H20N2. The molecule has 0 radical (unpaired) electrons. The van der Waals surface area contributed by atoms with E-state index in [9.17, 15) is 0 Å². The summed E-state index contributed by atoms with van der Waals surface area (Å²) in [6.07, 6.45) is 7.30. The van der Waals surface area contributed by atoms with Gasteiger partial charge in [0.15, 0.2) is 0 Å². The van der Waals surface area contributed by atoms with E-state index in [0.717, 1.165) is 12.1 Å². The highest BCUT2D eigenvalue weighted by Crippen LogP contribution is 2.38. The second-order valence-electron chi connectivity index (χ2n) is 4.39. The predicted molar refractivity (Wildman–Crippen MR) is 79.9 cm³/mol. The highest BCUT2D eigenvalue weighted by molar-refractivity contribution is 5.80. The van der Waals surface area contributed by atoms with Crippen LogP contribution in [-0.4, -0.2) is 14.1 Å². The van der Waals surface area contributed by atoms with Crippen molar-refractivity contribution in [2.45, 2.75) is 13.3 Å². The van der Waals surface area contributed by atoms with Gasteiger partial charge in [-0.2, -0.15) is 0 Å². The molecule has 2 rings (SSSR count). The first-order valence-electron chi connectivity index (χ1n) is 6.30. The lowest BCUT2D eigenvalue weighted by molar-refractivity contribution is 0.995. The molecule has 18 heavy (non-hydrogen) atoms. The summed E-state index contributed by atoms with van der Waals surface area (Å²) in [5, 5.41) is 0. The Morgan fingerprint density at radius 2 is 1.61 bits per heavy atom. The average Bonchev–Trinajstić information content (AvgIpc) is 2.41. The number of benzene rings is 1. The third-order valence-electron chi connectivity index (χ3n) is 3.29. The maximum Gasteiger partial charge on any atom is 0.0649 e. The maximum absolute atomic E-state index is 3.94. The zero-order chi connectivity index (χ0) is 13.1. The van der Waals surface area contributed by atoms with Crippen LogP contribution in [0.15, 0.2) is 60.5 Å². The largest absolute Gasteiger partial charge is 0.341 e. The Balaban J connectivity index is 2.56. The number of nitrogens with zero attached hydrogens (tertiary/aromatic N) is 2. The van der Waals surface area contributed by atoms with Gasteiger partial charge in [0.05, 0.1) is 22.8 Å². The lowest BCUT2D eigenvalue weighted by Crippen LogP contribution is -2.30. The fraction of sp³-hybridized carbons (Fsp3) is 0.250. The summed E-state index contributed by atoms with van der Waals surface area (Å²) in [6.45, 7) is 6.08.